The Bertz CT molecular complexity index is 792. The van der Waals surface area contributed by atoms with Crippen LogP contribution in [0.4, 0.5) is 17.1 Å². The fourth-order valence-corrected chi connectivity index (χ4v) is 3.21. The maximum atomic E-state index is 12.3. The van der Waals surface area contributed by atoms with E-state index >= 15 is 0 Å². The van der Waals surface area contributed by atoms with Crippen molar-refractivity contribution in [3.63, 3.8) is 0 Å². The number of para-hydroxylation sites is 1. The number of quaternary nitrogens is 1. The molecule has 0 aromatic heterocycles. The van der Waals surface area contributed by atoms with Gasteiger partial charge in [0.05, 0.1) is 41.8 Å². The number of piperazine rings is 1. The highest BCUT2D eigenvalue weighted by Gasteiger charge is 2.23. The molecule has 0 unspecified atom stereocenters. The second-order valence-electron chi connectivity index (χ2n) is 6.22. The third kappa shape index (κ3) is 4.50. The van der Waals surface area contributed by atoms with Crippen molar-refractivity contribution in [2.45, 2.75) is 0 Å². The summed E-state index contributed by atoms with van der Waals surface area (Å²) in [5.74, 6) is -0.199. The lowest BCUT2D eigenvalue weighted by atomic mass is 10.2. The summed E-state index contributed by atoms with van der Waals surface area (Å²) in [6.45, 7) is 3.77. The van der Waals surface area contributed by atoms with Crippen molar-refractivity contribution in [3.05, 3.63) is 63.7 Å². The van der Waals surface area contributed by atoms with Gasteiger partial charge in [-0.1, -0.05) is 29.8 Å². The Balaban J connectivity index is 1.53. The molecule has 2 aromatic rings. The number of non-ortho nitro benzene ring substituents is 1. The largest absolute Gasteiger partial charge is 0.360 e. The Kier molecular flexibility index (Phi) is 5.70. The number of anilines is 2. The van der Waals surface area contributed by atoms with Gasteiger partial charge in [-0.05, 0) is 18.2 Å². The van der Waals surface area contributed by atoms with E-state index in [1.807, 2.05) is 18.2 Å². The number of carbonyl (C=O) groups excluding carboxylic acids is 1. The van der Waals surface area contributed by atoms with E-state index < -0.39 is 4.92 Å². The van der Waals surface area contributed by atoms with Gasteiger partial charge in [-0.15, -0.1) is 0 Å². The van der Waals surface area contributed by atoms with Gasteiger partial charge in [0.2, 0.25) is 0 Å². The molecule has 3 rings (SSSR count). The van der Waals surface area contributed by atoms with E-state index in [-0.39, 0.29) is 22.3 Å². The molecule has 0 atom stereocenters. The zero-order valence-electron chi connectivity index (χ0n) is 14.2. The Morgan fingerprint density at radius 1 is 1.19 bits per heavy atom. The number of nitro groups is 1. The van der Waals surface area contributed by atoms with Gasteiger partial charge in [0.15, 0.2) is 6.54 Å². The summed E-state index contributed by atoms with van der Waals surface area (Å²) in [6, 6.07) is 14.2. The van der Waals surface area contributed by atoms with Crippen LogP contribution in [0.2, 0.25) is 5.02 Å². The third-order valence-electron chi connectivity index (χ3n) is 4.44. The molecule has 0 saturated carbocycles. The summed E-state index contributed by atoms with van der Waals surface area (Å²) in [5.41, 5.74) is 1.36. The minimum Gasteiger partial charge on any atom is -0.360 e. The predicted octanol–water partition coefficient (Wildman–Crippen LogP) is 1.59. The molecule has 1 amide bonds. The van der Waals surface area contributed by atoms with Gasteiger partial charge in [-0.2, -0.15) is 0 Å². The molecule has 2 N–H and O–H groups in total. The Morgan fingerprint density at radius 3 is 2.54 bits per heavy atom. The topological polar surface area (TPSA) is 79.9 Å². The van der Waals surface area contributed by atoms with Crippen LogP contribution in [-0.2, 0) is 4.79 Å². The van der Waals surface area contributed by atoms with E-state index in [4.69, 9.17) is 11.6 Å². The number of carbonyl (C=O) groups is 1. The van der Waals surface area contributed by atoms with Crippen LogP contribution in [0.25, 0.3) is 0 Å². The summed E-state index contributed by atoms with van der Waals surface area (Å²) in [5, 5.41) is 13.8. The summed E-state index contributed by atoms with van der Waals surface area (Å²) in [6.07, 6.45) is 0. The Morgan fingerprint density at radius 2 is 1.88 bits per heavy atom. The number of nitrogens with one attached hydrogen (secondary N) is 2. The highest BCUT2D eigenvalue weighted by Crippen LogP contribution is 2.26. The van der Waals surface area contributed by atoms with Crippen LogP contribution in [0.3, 0.4) is 0 Å². The van der Waals surface area contributed by atoms with Gasteiger partial charge in [-0.3, -0.25) is 14.9 Å². The number of hydrogen-bond acceptors (Lipinski definition) is 4. The molecule has 8 heteroatoms. The summed E-state index contributed by atoms with van der Waals surface area (Å²) < 4.78 is 0. The van der Waals surface area contributed by atoms with E-state index in [9.17, 15) is 14.9 Å². The first kappa shape index (κ1) is 18.2. The first-order valence-electron chi connectivity index (χ1n) is 8.40. The maximum absolute atomic E-state index is 12.3. The first-order valence-corrected chi connectivity index (χ1v) is 8.78. The van der Waals surface area contributed by atoms with Gasteiger partial charge >= 0.3 is 0 Å². The van der Waals surface area contributed by atoms with E-state index in [1.165, 1.54) is 28.8 Å². The lowest BCUT2D eigenvalue weighted by Crippen LogP contribution is -3.15. The number of rotatable bonds is 5. The molecule has 1 heterocycles. The van der Waals surface area contributed by atoms with E-state index in [1.54, 1.807) is 0 Å². The molecule has 0 bridgehead atoms. The van der Waals surface area contributed by atoms with Crippen molar-refractivity contribution in [1.29, 1.82) is 0 Å². The highest BCUT2D eigenvalue weighted by molar-refractivity contribution is 6.33. The fraction of sp³-hybridized carbons (Fsp3) is 0.278. The molecule has 2 aromatic carbocycles. The number of amides is 1. The average Bonchev–Trinajstić information content (AvgIpc) is 2.64. The molecule has 0 radical (unpaired) electrons. The molecule has 1 saturated heterocycles. The van der Waals surface area contributed by atoms with Gasteiger partial charge in [0, 0.05) is 17.8 Å². The minimum absolute atomic E-state index is 0.103. The number of nitro benzene ring substituents is 1. The van der Waals surface area contributed by atoms with Crippen LogP contribution in [0, 0.1) is 10.1 Å². The molecular weight excluding hydrogens is 356 g/mol. The normalized spacial score (nSPS) is 14.9. The zero-order valence-corrected chi connectivity index (χ0v) is 14.9. The SMILES string of the molecule is O=C(C[NH+]1CCN(c2ccccc2)CC1)Nc1cc([N+](=O)[O-])ccc1Cl. The average molecular weight is 376 g/mol. The predicted molar refractivity (Wildman–Crippen MR) is 101 cm³/mol. The lowest BCUT2D eigenvalue weighted by Gasteiger charge is -2.33. The maximum Gasteiger partial charge on any atom is 0.279 e. The van der Waals surface area contributed by atoms with Crippen LogP contribution in [0.5, 0.6) is 0 Å². The molecule has 7 nitrogen and oxygen atoms in total. The van der Waals surface area contributed by atoms with Gasteiger partial charge in [0.25, 0.3) is 11.6 Å². The Hall–Kier alpha value is -2.64. The van der Waals surface area contributed by atoms with Crippen molar-refractivity contribution in [1.82, 2.24) is 0 Å². The van der Waals surface area contributed by atoms with Crippen molar-refractivity contribution in [2.75, 3.05) is 42.9 Å². The quantitative estimate of drug-likeness (QED) is 0.614. The second kappa shape index (κ2) is 8.16. The fourth-order valence-electron chi connectivity index (χ4n) is 3.04. The third-order valence-corrected chi connectivity index (χ3v) is 4.77. The molecule has 1 aliphatic rings. The van der Waals surface area contributed by atoms with Crippen LogP contribution < -0.4 is 15.1 Å². The van der Waals surface area contributed by atoms with Crippen molar-refractivity contribution < 1.29 is 14.6 Å². The number of nitrogens with zero attached hydrogens (tertiary/aromatic N) is 2. The molecule has 1 fully saturated rings. The molecule has 136 valence electrons. The van der Waals surface area contributed by atoms with Gasteiger partial charge in [-0.25, -0.2) is 0 Å². The summed E-state index contributed by atoms with van der Waals surface area (Å²) >= 11 is 6.02. The van der Waals surface area contributed by atoms with Crippen molar-refractivity contribution >= 4 is 34.6 Å². The van der Waals surface area contributed by atoms with Crippen LogP contribution >= 0.6 is 11.6 Å². The van der Waals surface area contributed by atoms with Crippen LogP contribution in [-0.4, -0.2) is 43.6 Å². The van der Waals surface area contributed by atoms with E-state index in [0.29, 0.717) is 6.54 Å². The summed E-state index contributed by atoms with van der Waals surface area (Å²) in [7, 11) is 0. The van der Waals surface area contributed by atoms with Crippen LogP contribution in [0.1, 0.15) is 0 Å². The highest BCUT2D eigenvalue weighted by atomic mass is 35.5. The minimum atomic E-state index is -0.514. The number of hydrogen-bond donors (Lipinski definition) is 2. The Labute approximate surface area is 156 Å². The van der Waals surface area contributed by atoms with Crippen molar-refractivity contribution in [2.24, 2.45) is 0 Å². The summed E-state index contributed by atoms with van der Waals surface area (Å²) in [4.78, 5) is 26.1. The monoisotopic (exact) mass is 375 g/mol. The zero-order chi connectivity index (χ0) is 18.5. The molecular formula is C18H20ClN4O3+. The van der Waals surface area contributed by atoms with Crippen LogP contribution in [0.15, 0.2) is 48.5 Å². The second-order valence-corrected chi connectivity index (χ2v) is 6.63. The van der Waals surface area contributed by atoms with Gasteiger partial charge < -0.3 is 15.1 Å². The van der Waals surface area contributed by atoms with E-state index in [2.05, 4.69) is 22.3 Å². The molecule has 0 aliphatic carbocycles. The van der Waals surface area contributed by atoms with E-state index in [0.717, 1.165) is 26.2 Å². The number of halogens is 1. The number of benzene rings is 2. The molecule has 1 aliphatic heterocycles. The van der Waals surface area contributed by atoms with Gasteiger partial charge in [0.1, 0.15) is 0 Å². The lowest BCUT2D eigenvalue weighted by molar-refractivity contribution is -0.892. The smallest absolute Gasteiger partial charge is 0.279 e. The standard InChI is InChI=1S/C18H19ClN4O3/c19-16-7-6-15(23(25)26)12-17(16)20-18(24)13-21-8-10-22(11-9-21)14-4-2-1-3-5-14/h1-7,12H,8-11,13H2,(H,20,24)/p+1. The van der Waals surface area contributed by atoms with Crippen molar-refractivity contribution in [3.8, 4) is 0 Å². The molecule has 26 heavy (non-hydrogen) atoms. The first-order chi connectivity index (χ1) is 12.5. The molecule has 0 spiro atoms.